The topological polar surface area (TPSA) is 145 Å². The minimum atomic E-state index is -2.75. The van der Waals surface area contributed by atoms with Crippen molar-refractivity contribution < 1.29 is 38.3 Å². The average Bonchev–Trinajstić information content (AvgIpc) is 3.53. The van der Waals surface area contributed by atoms with Crippen molar-refractivity contribution >= 4 is 11.6 Å². The summed E-state index contributed by atoms with van der Waals surface area (Å²) in [5, 5.41) is 39.9. The molecule has 0 radical (unpaired) electrons. The number of rotatable bonds is 7. The Balaban J connectivity index is 1.53. The molecule has 0 bridgehead atoms. The van der Waals surface area contributed by atoms with Gasteiger partial charge >= 0.3 is 0 Å². The van der Waals surface area contributed by atoms with Gasteiger partial charge in [-0.15, -0.1) is 4.91 Å². The van der Waals surface area contributed by atoms with Crippen LogP contribution in [0.1, 0.15) is 69.9 Å². The van der Waals surface area contributed by atoms with Gasteiger partial charge in [-0.25, -0.2) is 13.7 Å². The summed E-state index contributed by atoms with van der Waals surface area (Å²) < 4.78 is 32.6. The first-order valence-electron chi connectivity index (χ1n) is 13.9. The number of hydrogen-bond acceptors (Lipinski definition) is 9. The zero-order chi connectivity index (χ0) is 29.0. The van der Waals surface area contributed by atoms with Gasteiger partial charge in [0.15, 0.2) is 11.1 Å². The van der Waals surface area contributed by atoms with Crippen LogP contribution >= 0.6 is 0 Å². The van der Waals surface area contributed by atoms with Crippen molar-refractivity contribution in [2.75, 3.05) is 6.54 Å². The molecule has 1 heterocycles. The fraction of sp³-hybridized carbons (Fsp3) is 0.714. The lowest BCUT2D eigenvalue weighted by Crippen LogP contribution is -2.61. The van der Waals surface area contributed by atoms with Crippen molar-refractivity contribution in [3.05, 3.63) is 40.7 Å². The molecule has 1 aromatic rings. The molecule has 0 aliphatic heterocycles. The molecule has 1 aromatic heterocycles. The molecular formula is C28H37F2N3O7. The Morgan fingerprint density at radius 2 is 1.98 bits per heavy atom. The van der Waals surface area contributed by atoms with Crippen LogP contribution in [0.15, 0.2) is 45.0 Å². The number of allylic oxidation sites excluding steroid dienone is 1. The maximum atomic E-state index is 13.7. The van der Waals surface area contributed by atoms with E-state index in [-0.39, 0.29) is 36.4 Å². The molecule has 5 rings (SSSR count). The molecule has 1 amide bonds. The van der Waals surface area contributed by atoms with E-state index in [4.69, 9.17) is 4.42 Å². The maximum absolute atomic E-state index is 13.7. The third-order valence-electron chi connectivity index (χ3n) is 10.8. The number of fused-ring (bicyclic) bond motifs is 5. The van der Waals surface area contributed by atoms with E-state index in [1.54, 1.807) is 13.0 Å². The van der Waals surface area contributed by atoms with Crippen LogP contribution in [0.3, 0.4) is 0 Å². The van der Waals surface area contributed by atoms with Gasteiger partial charge in [-0.2, -0.15) is 0 Å². The van der Waals surface area contributed by atoms with Gasteiger partial charge in [-0.3, -0.25) is 4.79 Å². The molecule has 0 spiro atoms. The lowest BCUT2D eigenvalue weighted by Gasteiger charge is -2.60. The van der Waals surface area contributed by atoms with E-state index in [9.17, 15) is 33.8 Å². The molecule has 10 nitrogen and oxygen atoms in total. The number of aliphatic hydroxyl groups is 3. The number of carbonyl (C=O) groups is 1. The molecule has 0 aromatic carbocycles. The van der Waals surface area contributed by atoms with Crippen LogP contribution in [0.5, 0.6) is 0 Å². The highest BCUT2D eigenvalue weighted by Crippen LogP contribution is 2.67. The first kappa shape index (κ1) is 28.8. The normalized spacial score (nSPS) is 40.6. The lowest BCUT2D eigenvalue weighted by molar-refractivity contribution is -0.124. The quantitative estimate of drug-likeness (QED) is 0.334. The minimum absolute atomic E-state index is 0.0220. The standard InChI is InChI=1S/C28H37F2N3O7/c1-15(33(14-24(29)30)25(36)23-5-4-10-39-23)16-7-9-28(37)18-11-20(31-40-32-38)19-12-21(34)22(35)13-26(19,2)17(18)6-8-27(16,28)3/h4-5,10-11,15-17,19,21-22,24,34-35,37H,6-9,12-14H2,1-3H3/b31-20+/t15?,16-,17?,19+,21-,22+,26-,27-,28-/m1/s1. The highest BCUT2D eigenvalue weighted by molar-refractivity contribution is 5.99. The van der Waals surface area contributed by atoms with E-state index in [2.05, 4.69) is 15.4 Å². The molecule has 9 atom stereocenters. The van der Waals surface area contributed by atoms with E-state index >= 15 is 0 Å². The average molecular weight is 566 g/mol. The Labute approximate surface area is 231 Å². The molecule has 12 heteroatoms. The Kier molecular flexibility index (Phi) is 7.41. The van der Waals surface area contributed by atoms with Crippen molar-refractivity contribution in [3.63, 3.8) is 0 Å². The summed E-state index contributed by atoms with van der Waals surface area (Å²) in [6, 6.07) is 2.35. The van der Waals surface area contributed by atoms with Crippen LogP contribution < -0.4 is 0 Å². The van der Waals surface area contributed by atoms with Gasteiger partial charge in [0.05, 0.1) is 36.3 Å². The molecular weight excluding hydrogens is 528 g/mol. The monoisotopic (exact) mass is 565 g/mol. The zero-order valence-corrected chi connectivity index (χ0v) is 22.9. The third kappa shape index (κ3) is 4.30. The maximum Gasteiger partial charge on any atom is 0.289 e. The second-order valence-electron chi connectivity index (χ2n) is 12.5. The summed E-state index contributed by atoms with van der Waals surface area (Å²) in [4.78, 5) is 29.7. The smallest absolute Gasteiger partial charge is 0.289 e. The number of aliphatic hydroxyl groups excluding tert-OH is 2. The fourth-order valence-electron chi connectivity index (χ4n) is 8.70. The molecule has 220 valence electrons. The number of furan rings is 1. The van der Waals surface area contributed by atoms with Gasteiger partial charge in [-0.1, -0.05) is 19.0 Å². The third-order valence-corrected chi connectivity index (χ3v) is 10.8. The molecule has 0 saturated heterocycles. The Bertz CT molecular complexity index is 1190. The summed E-state index contributed by atoms with van der Waals surface area (Å²) in [5.74, 6) is -1.45. The second-order valence-corrected chi connectivity index (χ2v) is 12.5. The van der Waals surface area contributed by atoms with E-state index in [1.165, 1.54) is 18.4 Å². The number of halogens is 2. The van der Waals surface area contributed by atoms with Gasteiger partial charge in [0.2, 0.25) is 0 Å². The summed E-state index contributed by atoms with van der Waals surface area (Å²) in [6.45, 7) is 4.94. The highest BCUT2D eigenvalue weighted by Gasteiger charge is 2.67. The predicted molar refractivity (Wildman–Crippen MR) is 139 cm³/mol. The lowest BCUT2D eigenvalue weighted by atomic mass is 9.46. The summed E-state index contributed by atoms with van der Waals surface area (Å²) >= 11 is 0. The van der Waals surface area contributed by atoms with Crippen molar-refractivity contribution in [1.29, 1.82) is 0 Å². The molecule has 4 aliphatic rings. The summed E-state index contributed by atoms with van der Waals surface area (Å²) in [5.41, 5.74) is -1.66. The van der Waals surface area contributed by atoms with Crippen molar-refractivity contribution in [2.24, 2.45) is 39.1 Å². The largest absolute Gasteiger partial charge is 0.459 e. The van der Waals surface area contributed by atoms with Crippen LogP contribution in [0.4, 0.5) is 8.78 Å². The Hall–Kier alpha value is -2.70. The number of carbonyl (C=O) groups excluding carboxylic acids is 1. The van der Waals surface area contributed by atoms with Crippen LogP contribution in [-0.4, -0.2) is 68.7 Å². The zero-order valence-electron chi connectivity index (χ0n) is 22.9. The number of nitrogens with zero attached hydrogens (tertiary/aromatic N) is 3. The molecule has 4 aliphatic carbocycles. The fourth-order valence-corrected chi connectivity index (χ4v) is 8.70. The number of alkyl halides is 2. The predicted octanol–water partition coefficient (Wildman–Crippen LogP) is 4.06. The minimum Gasteiger partial charge on any atom is -0.459 e. The SMILES string of the molecule is CC([C@H]1CC[C@@]2(O)C3=C/C(=N\ON=O)[C@@H]4C[C@@H](O)[C@@H](O)C[C@]4(C)C3CC[C@]12C)N(CC(F)F)C(=O)c1ccco1. The number of hydrogen-bond donors (Lipinski definition) is 3. The van der Waals surface area contributed by atoms with Crippen LogP contribution in [0.2, 0.25) is 0 Å². The van der Waals surface area contributed by atoms with E-state index in [0.717, 1.165) is 4.90 Å². The van der Waals surface area contributed by atoms with E-state index < -0.39 is 53.6 Å². The Morgan fingerprint density at radius 1 is 1.23 bits per heavy atom. The van der Waals surface area contributed by atoms with Gasteiger partial charge in [0.25, 0.3) is 12.3 Å². The van der Waals surface area contributed by atoms with Crippen LogP contribution in [0, 0.1) is 33.5 Å². The Morgan fingerprint density at radius 3 is 2.62 bits per heavy atom. The van der Waals surface area contributed by atoms with E-state index in [1.807, 2.05) is 13.8 Å². The van der Waals surface area contributed by atoms with Gasteiger partial charge in [0, 0.05) is 17.4 Å². The van der Waals surface area contributed by atoms with Gasteiger partial charge in [0.1, 0.15) is 0 Å². The van der Waals surface area contributed by atoms with Crippen molar-refractivity contribution in [3.8, 4) is 0 Å². The molecule has 40 heavy (non-hydrogen) atoms. The molecule has 2 unspecified atom stereocenters. The first-order chi connectivity index (χ1) is 18.9. The van der Waals surface area contributed by atoms with E-state index in [0.29, 0.717) is 37.0 Å². The molecule has 3 N–H and O–H groups in total. The highest BCUT2D eigenvalue weighted by atomic mass is 19.3. The van der Waals surface area contributed by atoms with Crippen LogP contribution in [-0.2, 0) is 4.94 Å². The summed E-state index contributed by atoms with van der Waals surface area (Å²) in [7, 11) is 0. The molecule has 3 fully saturated rings. The second kappa shape index (κ2) is 10.3. The van der Waals surface area contributed by atoms with Crippen LogP contribution in [0.25, 0.3) is 0 Å². The number of amides is 1. The number of oxime groups is 1. The summed E-state index contributed by atoms with van der Waals surface area (Å²) in [6.07, 6.45) is 0.903. The van der Waals surface area contributed by atoms with Crippen molar-refractivity contribution in [1.82, 2.24) is 4.90 Å². The van der Waals surface area contributed by atoms with Crippen molar-refractivity contribution in [2.45, 2.75) is 89.6 Å². The van der Waals surface area contributed by atoms with Gasteiger partial charge < -0.3 is 24.6 Å². The van der Waals surface area contributed by atoms with Gasteiger partial charge in [-0.05, 0) is 86.5 Å². The molecule has 3 saturated carbocycles. The first-order valence-corrected chi connectivity index (χ1v) is 13.9.